The van der Waals surface area contributed by atoms with Gasteiger partial charge >= 0.3 is 0 Å². The summed E-state index contributed by atoms with van der Waals surface area (Å²) >= 11 is 6.89. The average Bonchev–Trinajstić information content (AvgIpc) is 3.51. The molecule has 1 aliphatic rings. The lowest BCUT2D eigenvalue weighted by Gasteiger charge is -2.31. The van der Waals surface area contributed by atoms with Gasteiger partial charge in [0.05, 0.1) is 6.26 Å². The van der Waals surface area contributed by atoms with Crippen LogP contribution in [0.25, 0.3) is 0 Å². The summed E-state index contributed by atoms with van der Waals surface area (Å²) in [5.74, 6) is 0.358. The third kappa shape index (κ3) is 6.89. The number of amides is 3. The molecule has 0 aliphatic carbocycles. The molecule has 1 fully saturated rings. The van der Waals surface area contributed by atoms with Crippen LogP contribution < -0.4 is 10.6 Å². The van der Waals surface area contributed by atoms with Crippen LogP contribution in [-0.4, -0.2) is 52.0 Å². The molecule has 0 radical (unpaired) electrons. The number of aromatic nitrogens is 2. The van der Waals surface area contributed by atoms with E-state index in [2.05, 4.69) is 20.8 Å². The zero-order valence-corrected chi connectivity index (χ0v) is 20.8. The fraction of sp³-hybridized carbons (Fsp3) is 0.375. The summed E-state index contributed by atoms with van der Waals surface area (Å²) in [6.07, 6.45) is 4.15. The highest BCUT2D eigenvalue weighted by molar-refractivity contribution is 7.15. The molecule has 4 rings (SSSR count). The Labute approximate surface area is 211 Å². The van der Waals surface area contributed by atoms with Gasteiger partial charge in [-0.3, -0.25) is 14.4 Å². The second kappa shape index (κ2) is 11.5. The molecule has 3 heterocycles. The quantitative estimate of drug-likeness (QED) is 0.467. The zero-order valence-electron chi connectivity index (χ0n) is 19.2. The second-order valence-electron chi connectivity index (χ2n) is 8.57. The molecule has 0 saturated carbocycles. The van der Waals surface area contributed by atoms with Gasteiger partial charge < -0.3 is 20.0 Å². The third-order valence-corrected chi connectivity index (χ3v) is 6.90. The fourth-order valence-corrected chi connectivity index (χ4v) is 4.90. The summed E-state index contributed by atoms with van der Waals surface area (Å²) in [6.45, 7) is 3.01. The molecule has 9 nitrogen and oxygen atoms in total. The first-order valence-corrected chi connectivity index (χ1v) is 12.6. The summed E-state index contributed by atoms with van der Waals surface area (Å²) in [5.41, 5.74) is 0.534. The molecule has 1 aromatic carbocycles. The minimum absolute atomic E-state index is 0.00770. The second-order valence-corrected chi connectivity index (χ2v) is 9.98. The molecule has 1 atom stereocenters. The van der Waals surface area contributed by atoms with Gasteiger partial charge in [-0.2, -0.15) is 0 Å². The van der Waals surface area contributed by atoms with E-state index in [1.807, 2.05) is 19.1 Å². The molecule has 184 valence electrons. The van der Waals surface area contributed by atoms with Crippen molar-refractivity contribution in [2.75, 3.05) is 18.4 Å². The van der Waals surface area contributed by atoms with Gasteiger partial charge in [0.25, 0.3) is 11.8 Å². The van der Waals surface area contributed by atoms with E-state index >= 15 is 0 Å². The van der Waals surface area contributed by atoms with E-state index in [1.165, 1.54) is 0 Å². The lowest BCUT2D eigenvalue weighted by molar-refractivity contribution is -0.122. The van der Waals surface area contributed by atoms with Gasteiger partial charge in [-0.15, -0.1) is 10.2 Å². The maximum atomic E-state index is 12.9. The number of piperidine rings is 1. The van der Waals surface area contributed by atoms with Crippen molar-refractivity contribution in [3.63, 3.8) is 0 Å². The maximum Gasteiger partial charge on any atom is 0.286 e. The number of benzene rings is 1. The molecule has 3 amide bonds. The van der Waals surface area contributed by atoms with E-state index in [1.54, 1.807) is 35.4 Å². The molecule has 11 heteroatoms. The number of hydrogen-bond acceptors (Lipinski definition) is 7. The van der Waals surface area contributed by atoms with Crippen molar-refractivity contribution in [3.05, 3.63) is 63.5 Å². The minimum Gasteiger partial charge on any atom is -0.469 e. The summed E-state index contributed by atoms with van der Waals surface area (Å²) in [4.78, 5) is 39.4. The number of likely N-dealkylation sites (tertiary alicyclic amines) is 1. The van der Waals surface area contributed by atoms with Gasteiger partial charge in [-0.05, 0) is 56.0 Å². The first kappa shape index (κ1) is 24.9. The molecule has 0 bridgehead atoms. The van der Waals surface area contributed by atoms with Gasteiger partial charge in [0.1, 0.15) is 5.76 Å². The Balaban J connectivity index is 1.23. The smallest absolute Gasteiger partial charge is 0.286 e. The number of nitrogens with one attached hydrogen (secondary N) is 2. The Morgan fingerprint density at radius 3 is 2.66 bits per heavy atom. The topological polar surface area (TPSA) is 117 Å². The van der Waals surface area contributed by atoms with Crippen LogP contribution in [0.3, 0.4) is 0 Å². The molecular formula is C24H26ClN5O4S. The predicted octanol–water partition coefficient (Wildman–Crippen LogP) is 4.03. The molecule has 0 spiro atoms. The lowest BCUT2D eigenvalue weighted by atomic mass is 9.93. The molecule has 2 aromatic heterocycles. The van der Waals surface area contributed by atoms with E-state index in [0.717, 1.165) is 29.9 Å². The Morgan fingerprint density at radius 1 is 1.17 bits per heavy atom. The molecule has 0 unspecified atom stereocenters. The zero-order chi connectivity index (χ0) is 24.8. The van der Waals surface area contributed by atoms with Crippen LogP contribution in [0.2, 0.25) is 5.02 Å². The number of anilines is 1. The van der Waals surface area contributed by atoms with Crippen LogP contribution in [0.4, 0.5) is 5.69 Å². The van der Waals surface area contributed by atoms with E-state index < -0.39 is 5.91 Å². The summed E-state index contributed by atoms with van der Waals surface area (Å²) < 4.78 is 5.33. The molecule has 35 heavy (non-hydrogen) atoms. The number of carbonyl (C=O) groups is 3. The largest absolute Gasteiger partial charge is 0.469 e. The highest BCUT2D eigenvalue weighted by Gasteiger charge is 2.28. The van der Waals surface area contributed by atoms with Gasteiger partial charge in [-0.1, -0.05) is 29.0 Å². The molecule has 1 saturated heterocycles. The SMILES string of the molecule is C[C@H](Cc1ccco1)NC(=O)CC1CCN(C(=O)c2nnc(C(=O)Nc3cccc(Cl)c3)s2)CC1. The summed E-state index contributed by atoms with van der Waals surface area (Å²) in [7, 11) is 0. The predicted molar refractivity (Wildman–Crippen MR) is 133 cm³/mol. The van der Waals surface area contributed by atoms with Crippen molar-refractivity contribution in [2.45, 2.75) is 38.6 Å². The van der Waals surface area contributed by atoms with Crippen molar-refractivity contribution < 1.29 is 18.8 Å². The first-order chi connectivity index (χ1) is 16.9. The number of hydrogen-bond donors (Lipinski definition) is 2. The number of rotatable bonds is 8. The first-order valence-electron chi connectivity index (χ1n) is 11.4. The number of nitrogens with zero attached hydrogens (tertiary/aromatic N) is 3. The summed E-state index contributed by atoms with van der Waals surface area (Å²) in [5, 5.41) is 14.3. The van der Waals surface area contributed by atoms with Crippen LogP contribution in [0, 0.1) is 5.92 Å². The fourth-order valence-electron chi connectivity index (χ4n) is 4.01. The van der Waals surface area contributed by atoms with Crippen molar-refractivity contribution in [3.8, 4) is 0 Å². The Bertz CT molecular complexity index is 1170. The number of furan rings is 1. The van der Waals surface area contributed by atoms with Crippen LogP contribution in [-0.2, 0) is 11.2 Å². The monoisotopic (exact) mass is 515 g/mol. The molecule has 3 aromatic rings. The normalized spacial score (nSPS) is 15.0. The van der Waals surface area contributed by atoms with Gasteiger partial charge in [0.15, 0.2) is 0 Å². The van der Waals surface area contributed by atoms with E-state index in [9.17, 15) is 14.4 Å². The highest BCUT2D eigenvalue weighted by Crippen LogP contribution is 2.23. The minimum atomic E-state index is -0.449. The highest BCUT2D eigenvalue weighted by atomic mass is 35.5. The van der Waals surface area contributed by atoms with E-state index in [4.69, 9.17) is 16.0 Å². The van der Waals surface area contributed by atoms with E-state index in [-0.39, 0.29) is 33.8 Å². The van der Waals surface area contributed by atoms with Crippen LogP contribution in [0.1, 0.15) is 51.6 Å². The Hall–Kier alpha value is -3.24. The van der Waals surface area contributed by atoms with Gasteiger partial charge in [0.2, 0.25) is 15.9 Å². The Kier molecular flexibility index (Phi) is 8.14. The third-order valence-electron chi connectivity index (χ3n) is 5.76. The lowest BCUT2D eigenvalue weighted by Crippen LogP contribution is -2.40. The molecular weight excluding hydrogens is 490 g/mol. The van der Waals surface area contributed by atoms with Crippen LogP contribution in [0.5, 0.6) is 0 Å². The van der Waals surface area contributed by atoms with Crippen molar-refractivity contribution in [1.29, 1.82) is 0 Å². The van der Waals surface area contributed by atoms with Crippen LogP contribution >= 0.6 is 22.9 Å². The van der Waals surface area contributed by atoms with Crippen molar-refractivity contribution in [1.82, 2.24) is 20.4 Å². The van der Waals surface area contributed by atoms with E-state index in [0.29, 0.717) is 36.6 Å². The standard InChI is InChI=1S/C24H26ClN5O4S/c1-15(12-19-6-3-11-34-19)26-20(31)13-16-7-9-30(10-8-16)24(33)23-29-28-22(35-23)21(32)27-18-5-2-4-17(25)14-18/h2-6,11,14-16H,7-10,12-13H2,1H3,(H,26,31)(H,27,32)/t15-/m1/s1. The van der Waals surface area contributed by atoms with Gasteiger partial charge in [0, 0.05) is 42.7 Å². The molecule has 1 aliphatic heterocycles. The summed E-state index contributed by atoms with van der Waals surface area (Å²) in [6, 6.07) is 10.5. The number of carbonyl (C=O) groups excluding carboxylic acids is 3. The Morgan fingerprint density at radius 2 is 1.94 bits per heavy atom. The molecule has 2 N–H and O–H groups in total. The number of halogens is 1. The maximum absolute atomic E-state index is 12.9. The average molecular weight is 516 g/mol. The van der Waals surface area contributed by atoms with Crippen LogP contribution in [0.15, 0.2) is 47.1 Å². The van der Waals surface area contributed by atoms with Gasteiger partial charge in [-0.25, -0.2) is 0 Å². The van der Waals surface area contributed by atoms with Crippen molar-refractivity contribution >= 4 is 46.3 Å². The van der Waals surface area contributed by atoms with Crippen molar-refractivity contribution in [2.24, 2.45) is 5.92 Å².